The van der Waals surface area contributed by atoms with Crippen molar-refractivity contribution in [2.24, 2.45) is 5.92 Å². The van der Waals surface area contributed by atoms with Gasteiger partial charge in [-0.2, -0.15) is 0 Å². The number of carbonyl (C=O) groups is 2. The molecule has 1 N–H and O–H groups in total. The lowest BCUT2D eigenvalue weighted by molar-refractivity contribution is -0.140. The van der Waals surface area contributed by atoms with Crippen molar-refractivity contribution in [1.29, 1.82) is 0 Å². The number of benzene rings is 2. The molecule has 1 unspecified atom stereocenters. The average Bonchev–Trinajstić information content (AvgIpc) is 2.91. The molecule has 2 aromatic carbocycles. The highest BCUT2D eigenvalue weighted by atomic mass is 32.2. The molecular formula is C28H39N3O7S. The molecule has 1 aliphatic heterocycles. The van der Waals surface area contributed by atoms with Crippen molar-refractivity contribution >= 4 is 27.5 Å². The number of sulfonamides is 1. The van der Waals surface area contributed by atoms with E-state index >= 15 is 0 Å². The number of anilines is 1. The number of amides is 2. The standard InChI is InChI=1S/C28H39N3O7S/c1-20(2)18-29-28(33)21(3)30(19-22-8-6-9-24(16-22)36-4)27(32)10-7-13-31(39(5,34)35)23-11-12-25-26(17-23)38-15-14-37-25/h6,8-9,11-12,16-17,20-21H,7,10,13-15,18-19H2,1-5H3,(H,29,33). The van der Waals surface area contributed by atoms with E-state index in [-0.39, 0.29) is 43.7 Å². The summed E-state index contributed by atoms with van der Waals surface area (Å²) in [7, 11) is -2.06. The first-order valence-electron chi connectivity index (χ1n) is 13.1. The molecule has 10 nitrogen and oxygen atoms in total. The Kier molecular flexibility index (Phi) is 10.4. The van der Waals surface area contributed by atoms with E-state index in [1.807, 2.05) is 38.1 Å². The Morgan fingerprint density at radius 2 is 1.77 bits per heavy atom. The van der Waals surface area contributed by atoms with Crippen LogP contribution in [0.3, 0.4) is 0 Å². The van der Waals surface area contributed by atoms with Gasteiger partial charge in [-0.25, -0.2) is 8.42 Å². The van der Waals surface area contributed by atoms with Crippen molar-refractivity contribution in [2.45, 2.75) is 46.2 Å². The van der Waals surface area contributed by atoms with E-state index in [2.05, 4.69) is 5.32 Å². The molecule has 214 valence electrons. The zero-order valence-electron chi connectivity index (χ0n) is 23.3. The summed E-state index contributed by atoms with van der Waals surface area (Å²) < 4.78 is 43.0. The van der Waals surface area contributed by atoms with E-state index in [0.717, 1.165) is 11.8 Å². The molecule has 1 aliphatic rings. The van der Waals surface area contributed by atoms with Gasteiger partial charge >= 0.3 is 0 Å². The summed E-state index contributed by atoms with van der Waals surface area (Å²) in [5.74, 6) is 1.47. The van der Waals surface area contributed by atoms with E-state index in [9.17, 15) is 18.0 Å². The summed E-state index contributed by atoms with van der Waals surface area (Å²) >= 11 is 0. The van der Waals surface area contributed by atoms with E-state index in [0.29, 0.717) is 42.7 Å². The van der Waals surface area contributed by atoms with Gasteiger partial charge < -0.3 is 24.4 Å². The fourth-order valence-corrected chi connectivity index (χ4v) is 5.15. The molecule has 3 rings (SSSR count). The molecule has 2 aromatic rings. The minimum Gasteiger partial charge on any atom is -0.497 e. The summed E-state index contributed by atoms with van der Waals surface area (Å²) in [5, 5.41) is 2.90. The average molecular weight is 562 g/mol. The maximum absolute atomic E-state index is 13.5. The van der Waals surface area contributed by atoms with Crippen LogP contribution in [-0.4, -0.2) is 70.8 Å². The van der Waals surface area contributed by atoms with Crippen molar-refractivity contribution in [1.82, 2.24) is 10.2 Å². The van der Waals surface area contributed by atoms with Crippen molar-refractivity contribution in [2.75, 3.05) is 44.0 Å². The lowest BCUT2D eigenvalue weighted by Crippen LogP contribution is -2.48. The first-order valence-corrected chi connectivity index (χ1v) is 14.9. The molecule has 0 saturated heterocycles. The molecule has 0 fully saturated rings. The van der Waals surface area contributed by atoms with Gasteiger partial charge in [0.15, 0.2) is 11.5 Å². The second kappa shape index (κ2) is 13.5. The minimum atomic E-state index is -3.63. The maximum atomic E-state index is 13.5. The topological polar surface area (TPSA) is 114 Å². The van der Waals surface area contributed by atoms with Crippen LogP contribution >= 0.6 is 0 Å². The molecular weight excluding hydrogens is 522 g/mol. The maximum Gasteiger partial charge on any atom is 0.242 e. The number of fused-ring (bicyclic) bond motifs is 1. The van der Waals surface area contributed by atoms with Crippen molar-refractivity contribution in [3.63, 3.8) is 0 Å². The van der Waals surface area contributed by atoms with Gasteiger partial charge in [0, 0.05) is 32.1 Å². The van der Waals surface area contributed by atoms with Crippen LogP contribution < -0.4 is 23.8 Å². The quantitative estimate of drug-likeness (QED) is 0.399. The third-order valence-electron chi connectivity index (χ3n) is 6.30. The third-order valence-corrected chi connectivity index (χ3v) is 7.50. The monoisotopic (exact) mass is 561 g/mol. The van der Waals surface area contributed by atoms with Gasteiger partial charge in [-0.1, -0.05) is 26.0 Å². The van der Waals surface area contributed by atoms with E-state index in [1.165, 1.54) is 9.21 Å². The first kappa shape index (κ1) is 30.1. The second-order valence-electron chi connectivity index (χ2n) is 9.95. The SMILES string of the molecule is COc1cccc(CN(C(=O)CCCN(c2ccc3c(c2)OCCO3)S(C)(=O)=O)C(C)C(=O)NCC(C)C)c1. The Morgan fingerprint density at radius 3 is 2.44 bits per heavy atom. The van der Waals surface area contributed by atoms with Crippen LogP contribution in [0, 0.1) is 5.92 Å². The molecule has 2 amide bonds. The number of nitrogens with one attached hydrogen (secondary N) is 1. The highest BCUT2D eigenvalue weighted by Gasteiger charge is 2.27. The van der Waals surface area contributed by atoms with Crippen LogP contribution in [-0.2, 0) is 26.2 Å². The minimum absolute atomic E-state index is 0.0579. The normalized spacial score (nSPS) is 13.5. The van der Waals surface area contributed by atoms with Crippen LogP contribution in [0.2, 0.25) is 0 Å². The number of hydrogen-bond acceptors (Lipinski definition) is 7. The Bertz CT molecular complexity index is 1250. The lowest BCUT2D eigenvalue weighted by Gasteiger charge is -2.30. The van der Waals surface area contributed by atoms with Crippen LogP contribution in [0.25, 0.3) is 0 Å². The molecule has 0 saturated carbocycles. The molecule has 0 spiro atoms. The van der Waals surface area contributed by atoms with E-state index in [4.69, 9.17) is 14.2 Å². The summed E-state index contributed by atoms with van der Waals surface area (Å²) in [5.41, 5.74) is 1.25. The van der Waals surface area contributed by atoms with Gasteiger partial charge in [0.1, 0.15) is 25.0 Å². The van der Waals surface area contributed by atoms with Crippen LogP contribution in [0.4, 0.5) is 5.69 Å². The largest absolute Gasteiger partial charge is 0.497 e. The molecule has 0 bridgehead atoms. The fraction of sp³-hybridized carbons (Fsp3) is 0.500. The smallest absolute Gasteiger partial charge is 0.242 e. The number of ether oxygens (including phenoxy) is 3. The first-order chi connectivity index (χ1) is 18.5. The van der Waals surface area contributed by atoms with Gasteiger partial charge in [0.05, 0.1) is 19.1 Å². The van der Waals surface area contributed by atoms with E-state index < -0.39 is 16.1 Å². The molecule has 11 heteroatoms. The predicted molar refractivity (Wildman–Crippen MR) is 150 cm³/mol. The summed E-state index contributed by atoms with van der Waals surface area (Å²) in [6.07, 6.45) is 1.44. The van der Waals surface area contributed by atoms with E-state index in [1.54, 1.807) is 32.2 Å². The molecule has 0 radical (unpaired) electrons. The summed E-state index contributed by atoms with van der Waals surface area (Å²) in [6.45, 7) is 7.32. The zero-order chi connectivity index (χ0) is 28.6. The number of carbonyl (C=O) groups excluding carboxylic acids is 2. The third kappa shape index (κ3) is 8.51. The van der Waals surface area contributed by atoms with Crippen LogP contribution in [0.15, 0.2) is 42.5 Å². The molecule has 0 aliphatic carbocycles. The van der Waals surface area contributed by atoms with Gasteiger partial charge in [-0.05, 0) is 49.1 Å². The highest BCUT2D eigenvalue weighted by molar-refractivity contribution is 7.92. The Balaban J connectivity index is 1.74. The van der Waals surface area contributed by atoms with Gasteiger partial charge in [0.25, 0.3) is 0 Å². The van der Waals surface area contributed by atoms with Gasteiger partial charge in [-0.15, -0.1) is 0 Å². The van der Waals surface area contributed by atoms with Gasteiger partial charge in [-0.3, -0.25) is 13.9 Å². The number of hydrogen-bond donors (Lipinski definition) is 1. The highest BCUT2D eigenvalue weighted by Crippen LogP contribution is 2.34. The Labute approximate surface area is 231 Å². The lowest BCUT2D eigenvalue weighted by atomic mass is 10.1. The van der Waals surface area contributed by atoms with Crippen molar-refractivity contribution < 1.29 is 32.2 Å². The molecule has 1 atom stereocenters. The predicted octanol–water partition coefficient (Wildman–Crippen LogP) is 3.20. The molecule has 1 heterocycles. The number of nitrogens with zero attached hydrogens (tertiary/aromatic N) is 2. The fourth-order valence-electron chi connectivity index (χ4n) is 4.19. The van der Waals surface area contributed by atoms with Gasteiger partial charge in [0.2, 0.25) is 21.8 Å². The molecule has 0 aromatic heterocycles. The summed E-state index contributed by atoms with van der Waals surface area (Å²) in [4.78, 5) is 27.9. The van der Waals surface area contributed by atoms with Crippen molar-refractivity contribution in [3.8, 4) is 17.2 Å². The summed E-state index contributed by atoms with van der Waals surface area (Å²) in [6, 6.07) is 11.6. The second-order valence-corrected chi connectivity index (χ2v) is 11.9. The molecule has 39 heavy (non-hydrogen) atoms. The number of methoxy groups -OCH3 is 1. The zero-order valence-corrected chi connectivity index (χ0v) is 24.1. The van der Waals surface area contributed by atoms with Crippen LogP contribution in [0.1, 0.15) is 39.2 Å². The van der Waals surface area contributed by atoms with Crippen LogP contribution in [0.5, 0.6) is 17.2 Å². The number of rotatable bonds is 13. The Hall–Kier alpha value is -3.47. The Morgan fingerprint density at radius 1 is 1.05 bits per heavy atom. The van der Waals surface area contributed by atoms with Crippen molar-refractivity contribution in [3.05, 3.63) is 48.0 Å².